The van der Waals surface area contributed by atoms with Crippen LogP contribution in [0.3, 0.4) is 0 Å². The molecular weight excluding hydrogens is 248 g/mol. The monoisotopic (exact) mass is 258 g/mol. The number of hydrogen-bond donors (Lipinski definition) is 4. The molecule has 0 saturated carbocycles. The van der Waals surface area contributed by atoms with Gasteiger partial charge in [-0.1, -0.05) is 11.6 Å². The van der Waals surface area contributed by atoms with E-state index in [1.54, 1.807) is 0 Å². The van der Waals surface area contributed by atoms with Crippen LogP contribution in [0.2, 0.25) is 5.02 Å². The lowest BCUT2D eigenvalue weighted by molar-refractivity contribution is -0.125. The Morgan fingerprint density at radius 2 is 2.12 bits per heavy atom. The first-order valence-corrected chi connectivity index (χ1v) is 5.03. The molecular formula is C10H11ClN2O4. The Balaban J connectivity index is 2.67. The van der Waals surface area contributed by atoms with Crippen molar-refractivity contribution in [2.24, 2.45) is 5.73 Å². The number of aliphatic hydroxyl groups excluding tert-OH is 1. The van der Waals surface area contributed by atoms with Crippen molar-refractivity contribution >= 4 is 23.4 Å². The highest BCUT2D eigenvalue weighted by molar-refractivity contribution is 6.30. The van der Waals surface area contributed by atoms with Crippen LogP contribution in [-0.2, 0) is 4.79 Å². The Hall–Kier alpha value is -1.79. The van der Waals surface area contributed by atoms with Crippen LogP contribution in [-0.4, -0.2) is 34.7 Å². The lowest BCUT2D eigenvalue weighted by atomic mass is 10.2. The zero-order chi connectivity index (χ0) is 13.0. The molecule has 1 atom stereocenters. The van der Waals surface area contributed by atoms with Crippen molar-refractivity contribution in [3.63, 3.8) is 0 Å². The van der Waals surface area contributed by atoms with Gasteiger partial charge in [0.15, 0.2) is 0 Å². The predicted molar refractivity (Wildman–Crippen MR) is 60.7 cm³/mol. The molecule has 0 aromatic heterocycles. The van der Waals surface area contributed by atoms with E-state index in [0.29, 0.717) is 0 Å². The van der Waals surface area contributed by atoms with Crippen LogP contribution in [0.5, 0.6) is 5.75 Å². The number of primary amides is 1. The summed E-state index contributed by atoms with van der Waals surface area (Å²) in [6, 6.07) is 3.96. The van der Waals surface area contributed by atoms with Crippen molar-refractivity contribution < 1.29 is 19.8 Å². The molecule has 2 amide bonds. The molecule has 0 fully saturated rings. The minimum atomic E-state index is -1.46. The Kier molecular flexibility index (Phi) is 4.30. The van der Waals surface area contributed by atoms with Gasteiger partial charge in [-0.3, -0.25) is 9.59 Å². The average molecular weight is 259 g/mol. The van der Waals surface area contributed by atoms with Crippen LogP contribution < -0.4 is 11.1 Å². The van der Waals surface area contributed by atoms with Crippen LogP contribution in [0.15, 0.2) is 18.2 Å². The second-order valence-electron chi connectivity index (χ2n) is 3.29. The highest BCUT2D eigenvalue weighted by Gasteiger charge is 2.15. The first-order valence-electron chi connectivity index (χ1n) is 4.66. The molecule has 0 radical (unpaired) electrons. The van der Waals surface area contributed by atoms with Gasteiger partial charge in [0.2, 0.25) is 5.91 Å². The zero-order valence-electron chi connectivity index (χ0n) is 8.68. The fourth-order valence-electron chi connectivity index (χ4n) is 1.08. The molecule has 6 nitrogen and oxygen atoms in total. The van der Waals surface area contributed by atoms with Gasteiger partial charge in [0.05, 0.1) is 12.1 Å². The Morgan fingerprint density at radius 3 is 2.65 bits per heavy atom. The predicted octanol–water partition coefficient (Wildman–Crippen LogP) is -0.378. The molecule has 17 heavy (non-hydrogen) atoms. The van der Waals surface area contributed by atoms with Crippen LogP contribution in [0.4, 0.5) is 0 Å². The number of carbonyl (C=O) groups excluding carboxylic acids is 2. The molecule has 0 heterocycles. The second-order valence-corrected chi connectivity index (χ2v) is 3.73. The van der Waals surface area contributed by atoms with E-state index >= 15 is 0 Å². The van der Waals surface area contributed by atoms with Crippen molar-refractivity contribution in [2.45, 2.75) is 6.10 Å². The number of nitrogens with one attached hydrogen (secondary N) is 1. The number of phenols is 1. The van der Waals surface area contributed by atoms with Crippen molar-refractivity contribution in [2.75, 3.05) is 6.54 Å². The van der Waals surface area contributed by atoms with Crippen molar-refractivity contribution in [1.82, 2.24) is 5.32 Å². The molecule has 7 heteroatoms. The topological polar surface area (TPSA) is 113 Å². The van der Waals surface area contributed by atoms with Gasteiger partial charge in [0.25, 0.3) is 5.91 Å². The fraction of sp³-hybridized carbons (Fsp3) is 0.200. The number of benzene rings is 1. The third-order valence-electron chi connectivity index (χ3n) is 1.99. The van der Waals surface area contributed by atoms with E-state index in [9.17, 15) is 14.7 Å². The lowest BCUT2D eigenvalue weighted by Gasteiger charge is -2.09. The number of carbonyl (C=O) groups is 2. The number of aromatic hydroxyl groups is 1. The highest BCUT2D eigenvalue weighted by Crippen LogP contribution is 2.21. The van der Waals surface area contributed by atoms with Gasteiger partial charge in [0.1, 0.15) is 11.9 Å². The van der Waals surface area contributed by atoms with E-state index in [2.05, 4.69) is 5.32 Å². The molecule has 1 rings (SSSR count). The van der Waals surface area contributed by atoms with Crippen LogP contribution in [0.25, 0.3) is 0 Å². The van der Waals surface area contributed by atoms with Crippen LogP contribution >= 0.6 is 11.6 Å². The summed E-state index contributed by atoms with van der Waals surface area (Å²) in [7, 11) is 0. The number of hydrogen-bond acceptors (Lipinski definition) is 4. The maximum Gasteiger partial charge on any atom is 0.255 e. The summed E-state index contributed by atoms with van der Waals surface area (Å²) >= 11 is 5.60. The average Bonchev–Trinajstić information content (AvgIpc) is 2.25. The summed E-state index contributed by atoms with van der Waals surface area (Å²) in [5.74, 6) is -1.87. The number of phenolic OH excluding ortho intramolecular Hbond substituents is 1. The molecule has 92 valence electrons. The molecule has 0 aliphatic carbocycles. The summed E-state index contributed by atoms with van der Waals surface area (Å²) < 4.78 is 0. The van der Waals surface area contributed by atoms with Gasteiger partial charge in [-0.25, -0.2) is 0 Å². The summed E-state index contributed by atoms with van der Waals surface area (Å²) in [5, 5.41) is 21.0. The summed E-state index contributed by atoms with van der Waals surface area (Å²) in [4.78, 5) is 22.0. The third-order valence-corrected chi connectivity index (χ3v) is 2.22. The first kappa shape index (κ1) is 13.3. The molecule has 1 aromatic rings. The van der Waals surface area contributed by atoms with Gasteiger partial charge in [-0.05, 0) is 18.2 Å². The highest BCUT2D eigenvalue weighted by atomic mass is 35.5. The number of aliphatic hydroxyl groups is 1. The maximum atomic E-state index is 11.5. The quantitative estimate of drug-likeness (QED) is 0.590. The second kappa shape index (κ2) is 5.51. The van der Waals surface area contributed by atoms with E-state index in [0.717, 1.165) is 0 Å². The van der Waals surface area contributed by atoms with Crippen molar-refractivity contribution in [1.29, 1.82) is 0 Å². The van der Waals surface area contributed by atoms with E-state index in [1.807, 2.05) is 0 Å². The molecule has 5 N–H and O–H groups in total. The molecule has 0 spiro atoms. The molecule has 0 saturated heterocycles. The van der Waals surface area contributed by atoms with E-state index < -0.39 is 17.9 Å². The maximum absolute atomic E-state index is 11.5. The lowest BCUT2D eigenvalue weighted by Crippen LogP contribution is -2.39. The number of nitrogens with two attached hydrogens (primary N) is 1. The van der Waals surface area contributed by atoms with Crippen LogP contribution in [0.1, 0.15) is 10.4 Å². The zero-order valence-corrected chi connectivity index (χ0v) is 9.44. The van der Waals surface area contributed by atoms with Gasteiger partial charge in [-0.2, -0.15) is 0 Å². The van der Waals surface area contributed by atoms with Crippen molar-refractivity contribution in [3.05, 3.63) is 28.8 Å². The van der Waals surface area contributed by atoms with Gasteiger partial charge < -0.3 is 21.3 Å². The third kappa shape index (κ3) is 3.61. The number of rotatable bonds is 4. The van der Waals surface area contributed by atoms with Gasteiger partial charge in [-0.15, -0.1) is 0 Å². The summed E-state index contributed by atoms with van der Waals surface area (Å²) in [6.45, 7) is -0.323. The molecule has 0 aliphatic rings. The minimum Gasteiger partial charge on any atom is -0.507 e. The standard InChI is InChI=1S/C10H11ClN2O4/c11-5-1-2-6(7(14)3-5)10(17)13-4-8(15)9(12)16/h1-3,8,14-15H,4H2,(H2,12,16)(H,13,17). The summed E-state index contributed by atoms with van der Waals surface area (Å²) in [5.41, 5.74) is 4.80. The minimum absolute atomic E-state index is 0.00827. The summed E-state index contributed by atoms with van der Waals surface area (Å²) in [6.07, 6.45) is -1.46. The number of amides is 2. The van der Waals surface area contributed by atoms with Gasteiger partial charge in [0, 0.05) is 5.02 Å². The smallest absolute Gasteiger partial charge is 0.255 e. The Labute approximate surface area is 102 Å². The van der Waals surface area contributed by atoms with E-state index in [4.69, 9.17) is 22.4 Å². The van der Waals surface area contributed by atoms with Gasteiger partial charge >= 0.3 is 0 Å². The fourth-order valence-corrected chi connectivity index (χ4v) is 1.25. The van der Waals surface area contributed by atoms with Crippen LogP contribution in [0, 0.1) is 0 Å². The molecule has 0 aliphatic heterocycles. The largest absolute Gasteiger partial charge is 0.507 e. The number of halogens is 1. The van der Waals surface area contributed by atoms with E-state index in [1.165, 1.54) is 18.2 Å². The Bertz CT molecular complexity index is 450. The normalized spacial score (nSPS) is 11.9. The van der Waals surface area contributed by atoms with Crippen molar-refractivity contribution in [3.8, 4) is 5.75 Å². The van der Waals surface area contributed by atoms with E-state index in [-0.39, 0.29) is 22.9 Å². The Morgan fingerprint density at radius 1 is 1.47 bits per heavy atom. The molecule has 0 bridgehead atoms. The molecule has 1 aromatic carbocycles. The first-order chi connectivity index (χ1) is 7.91. The SMILES string of the molecule is NC(=O)C(O)CNC(=O)c1ccc(Cl)cc1O. The molecule has 1 unspecified atom stereocenters.